The van der Waals surface area contributed by atoms with Crippen LogP contribution >= 0.6 is 11.6 Å². The Hall–Kier alpha value is -2.09. The van der Waals surface area contributed by atoms with Crippen LogP contribution in [-0.4, -0.2) is 37.8 Å². The minimum Gasteiger partial charge on any atom is -0.492 e. The number of benzene rings is 2. The average Bonchev–Trinajstić information content (AvgIpc) is 3.47. The first-order valence-corrected chi connectivity index (χ1v) is 11.0. The number of halogens is 1. The van der Waals surface area contributed by atoms with Crippen LogP contribution in [-0.2, 0) is 21.4 Å². The Labute approximate surface area is 170 Å². The van der Waals surface area contributed by atoms with Gasteiger partial charge in [0.05, 0.1) is 23.1 Å². The van der Waals surface area contributed by atoms with Crippen molar-refractivity contribution in [2.24, 2.45) is 0 Å². The van der Waals surface area contributed by atoms with E-state index in [9.17, 15) is 13.2 Å². The third kappa shape index (κ3) is 5.25. The molecule has 1 amide bonds. The molecule has 150 valence electrons. The average molecular weight is 423 g/mol. The van der Waals surface area contributed by atoms with Crippen LogP contribution in [0, 0.1) is 0 Å². The molecule has 1 aliphatic carbocycles. The number of hydrogen-bond acceptors (Lipinski definition) is 4. The largest absolute Gasteiger partial charge is 0.492 e. The third-order valence-corrected chi connectivity index (χ3v) is 6.39. The molecule has 6 nitrogen and oxygen atoms in total. The van der Waals surface area contributed by atoms with Gasteiger partial charge in [0.25, 0.3) is 0 Å². The van der Waals surface area contributed by atoms with Gasteiger partial charge in [-0.1, -0.05) is 41.9 Å². The number of rotatable bonds is 9. The van der Waals surface area contributed by atoms with E-state index in [-0.39, 0.29) is 35.0 Å². The fourth-order valence-corrected chi connectivity index (χ4v) is 4.45. The van der Waals surface area contributed by atoms with Gasteiger partial charge in [-0.15, -0.1) is 0 Å². The lowest BCUT2D eigenvalue weighted by molar-refractivity contribution is -0.121. The maximum atomic E-state index is 13.2. The minimum absolute atomic E-state index is 0.0242. The highest BCUT2D eigenvalue weighted by atomic mass is 35.5. The lowest BCUT2D eigenvalue weighted by Gasteiger charge is -2.22. The molecule has 1 saturated carbocycles. The van der Waals surface area contributed by atoms with Gasteiger partial charge in [-0.05, 0) is 43.5 Å². The van der Waals surface area contributed by atoms with Crippen molar-refractivity contribution in [1.29, 1.82) is 0 Å². The molecule has 8 heteroatoms. The van der Waals surface area contributed by atoms with Crippen molar-refractivity contribution in [1.82, 2.24) is 9.62 Å². The van der Waals surface area contributed by atoms with Crippen LogP contribution in [0.4, 0.5) is 0 Å². The second kappa shape index (κ2) is 8.94. The Bertz CT molecular complexity index is 930. The van der Waals surface area contributed by atoms with E-state index in [1.807, 2.05) is 37.3 Å². The molecule has 0 spiro atoms. The number of ether oxygens (including phenoxy) is 1. The lowest BCUT2D eigenvalue weighted by Crippen LogP contribution is -2.41. The van der Waals surface area contributed by atoms with Crippen LogP contribution in [0.25, 0.3) is 0 Å². The molecular formula is C20H23ClN2O4S. The zero-order valence-electron chi connectivity index (χ0n) is 15.6. The van der Waals surface area contributed by atoms with Crippen molar-refractivity contribution in [2.45, 2.75) is 37.2 Å². The van der Waals surface area contributed by atoms with Crippen LogP contribution in [0.1, 0.15) is 25.3 Å². The van der Waals surface area contributed by atoms with Gasteiger partial charge in [-0.25, -0.2) is 8.42 Å². The minimum atomic E-state index is -3.93. The summed E-state index contributed by atoms with van der Waals surface area (Å²) in [7, 11) is -3.93. The summed E-state index contributed by atoms with van der Waals surface area (Å²) in [5, 5.41) is 3.05. The van der Waals surface area contributed by atoms with Gasteiger partial charge in [0.2, 0.25) is 15.9 Å². The highest BCUT2D eigenvalue weighted by molar-refractivity contribution is 7.89. The molecule has 2 aromatic carbocycles. The fraction of sp³-hybridized carbons (Fsp3) is 0.350. The third-order valence-electron chi connectivity index (χ3n) is 4.31. The van der Waals surface area contributed by atoms with Crippen molar-refractivity contribution >= 4 is 27.5 Å². The van der Waals surface area contributed by atoms with Gasteiger partial charge < -0.3 is 10.1 Å². The maximum Gasteiger partial charge on any atom is 0.243 e. The van der Waals surface area contributed by atoms with Crippen LogP contribution in [0.15, 0.2) is 53.4 Å². The van der Waals surface area contributed by atoms with E-state index >= 15 is 0 Å². The van der Waals surface area contributed by atoms with Gasteiger partial charge in [0.1, 0.15) is 5.75 Å². The van der Waals surface area contributed by atoms with Gasteiger partial charge in [0.15, 0.2) is 0 Å². The summed E-state index contributed by atoms with van der Waals surface area (Å²) in [5.41, 5.74) is 0.794. The van der Waals surface area contributed by atoms with Crippen molar-refractivity contribution in [2.75, 3.05) is 13.2 Å². The highest BCUT2D eigenvalue weighted by Crippen LogP contribution is 2.29. The van der Waals surface area contributed by atoms with Gasteiger partial charge in [-0.3, -0.25) is 4.79 Å². The Morgan fingerprint density at radius 2 is 1.93 bits per heavy atom. The molecule has 1 N–H and O–H groups in total. The van der Waals surface area contributed by atoms with E-state index < -0.39 is 10.0 Å². The Morgan fingerprint density at radius 1 is 1.21 bits per heavy atom. The number of sulfonamides is 1. The van der Waals surface area contributed by atoms with Crippen LogP contribution < -0.4 is 10.1 Å². The number of nitrogens with one attached hydrogen (secondary N) is 1. The molecule has 0 unspecified atom stereocenters. The van der Waals surface area contributed by atoms with E-state index in [1.54, 1.807) is 0 Å². The summed E-state index contributed by atoms with van der Waals surface area (Å²) in [6, 6.07) is 13.7. The molecule has 2 aromatic rings. The number of carbonyl (C=O) groups is 1. The molecule has 28 heavy (non-hydrogen) atoms. The molecule has 1 fully saturated rings. The van der Waals surface area contributed by atoms with Crippen LogP contribution in [0.3, 0.4) is 0 Å². The summed E-state index contributed by atoms with van der Waals surface area (Å²) in [6.07, 6.45) is 1.87. The molecule has 0 bridgehead atoms. The molecule has 0 aromatic heterocycles. The second-order valence-electron chi connectivity index (χ2n) is 6.63. The van der Waals surface area contributed by atoms with Crippen molar-refractivity contribution < 1.29 is 17.9 Å². The second-order valence-corrected chi connectivity index (χ2v) is 8.97. The molecule has 1 aliphatic rings. The highest BCUT2D eigenvalue weighted by Gasteiger charge is 2.30. The van der Waals surface area contributed by atoms with Crippen molar-refractivity contribution in [3.8, 4) is 5.75 Å². The topological polar surface area (TPSA) is 75.7 Å². The van der Waals surface area contributed by atoms with E-state index in [0.29, 0.717) is 12.4 Å². The first kappa shape index (κ1) is 20.6. The van der Waals surface area contributed by atoms with E-state index in [4.69, 9.17) is 16.3 Å². The molecule has 0 saturated heterocycles. The fourth-order valence-electron chi connectivity index (χ4n) is 2.74. The molecular weight excluding hydrogens is 400 g/mol. The van der Waals surface area contributed by atoms with Crippen LogP contribution in [0.2, 0.25) is 5.02 Å². The number of amides is 1. The summed E-state index contributed by atoms with van der Waals surface area (Å²) < 4.78 is 33.0. The first-order chi connectivity index (χ1) is 13.4. The molecule has 0 atom stereocenters. The van der Waals surface area contributed by atoms with Gasteiger partial charge in [-0.2, -0.15) is 4.31 Å². The predicted octanol–water partition coefficient (Wildman–Crippen LogP) is 3.21. The Kier molecular flexibility index (Phi) is 6.59. The van der Waals surface area contributed by atoms with E-state index in [0.717, 1.165) is 18.4 Å². The molecule has 0 radical (unpaired) electrons. The zero-order chi connectivity index (χ0) is 20.1. The Morgan fingerprint density at radius 3 is 2.54 bits per heavy atom. The van der Waals surface area contributed by atoms with E-state index in [2.05, 4.69) is 5.32 Å². The number of carbonyl (C=O) groups excluding carboxylic acids is 1. The molecule has 3 rings (SSSR count). The van der Waals surface area contributed by atoms with Gasteiger partial charge in [0, 0.05) is 12.6 Å². The lowest BCUT2D eigenvalue weighted by atomic mass is 10.2. The maximum absolute atomic E-state index is 13.2. The summed E-state index contributed by atoms with van der Waals surface area (Å²) in [5.74, 6) is 0.114. The van der Waals surface area contributed by atoms with E-state index in [1.165, 1.54) is 22.5 Å². The number of hydrogen-bond donors (Lipinski definition) is 1. The van der Waals surface area contributed by atoms with Crippen molar-refractivity contribution in [3.05, 3.63) is 59.1 Å². The first-order valence-electron chi connectivity index (χ1n) is 9.16. The normalized spacial score (nSPS) is 14.1. The predicted molar refractivity (Wildman–Crippen MR) is 108 cm³/mol. The quantitative estimate of drug-likeness (QED) is 0.673. The summed E-state index contributed by atoms with van der Waals surface area (Å²) in [4.78, 5) is 12.3. The van der Waals surface area contributed by atoms with Crippen LogP contribution in [0.5, 0.6) is 5.75 Å². The molecule has 0 heterocycles. The summed E-state index contributed by atoms with van der Waals surface area (Å²) >= 11 is 6.17. The number of nitrogens with zero attached hydrogens (tertiary/aromatic N) is 1. The zero-order valence-corrected chi connectivity index (χ0v) is 17.2. The SMILES string of the molecule is CCOc1ccc(S(=O)(=O)N(CC(=O)NC2CC2)Cc2ccccc2)cc1Cl. The van der Waals surface area contributed by atoms with Gasteiger partial charge >= 0.3 is 0 Å². The standard InChI is InChI=1S/C20H23ClN2O4S/c1-2-27-19-11-10-17(12-18(19)21)28(25,26)23(13-15-6-4-3-5-7-15)14-20(24)22-16-8-9-16/h3-7,10-12,16H,2,8-9,13-14H2,1H3,(H,22,24). The smallest absolute Gasteiger partial charge is 0.243 e. The molecule has 0 aliphatic heterocycles. The Balaban J connectivity index is 1.87. The summed E-state index contributed by atoms with van der Waals surface area (Å²) in [6.45, 7) is 2.08. The monoisotopic (exact) mass is 422 g/mol. The van der Waals surface area contributed by atoms with Crippen molar-refractivity contribution in [3.63, 3.8) is 0 Å².